The number of ether oxygens (including phenoxy) is 1. The van der Waals surface area contributed by atoms with Crippen LogP contribution in [0.25, 0.3) is 10.8 Å². The zero-order chi connectivity index (χ0) is 17.9. The van der Waals surface area contributed by atoms with E-state index in [1.807, 2.05) is 12.1 Å². The molecule has 26 heavy (non-hydrogen) atoms. The Hall–Kier alpha value is -1.82. The van der Waals surface area contributed by atoms with Crippen LogP contribution in [0.1, 0.15) is 31.2 Å². The Balaban J connectivity index is 1.36. The topological polar surface area (TPSA) is 54.1 Å². The second-order valence-corrected chi connectivity index (χ2v) is 7.97. The van der Waals surface area contributed by atoms with Crippen LogP contribution in [0, 0.1) is 0 Å². The van der Waals surface area contributed by atoms with E-state index in [-0.39, 0.29) is 11.7 Å². The number of halogens is 1. The minimum Gasteiger partial charge on any atom is -0.489 e. The summed E-state index contributed by atoms with van der Waals surface area (Å²) >= 11 is 8.08. The number of benzene rings is 1. The summed E-state index contributed by atoms with van der Waals surface area (Å²) in [5, 5.41) is 9.87. The van der Waals surface area contributed by atoms with Crippen molar-refractivity contribution in [3.8, 4) is 5.75 Å². The number of fused-ring (bicyclic) bond motifs is 1. The first-order valence-electron chi connectivity index (χ1n) is 8.91. The van der Waals surface area contributed by atoms with Crippen LogP contribution < -0.4 is 15.6 Å². The first-order chi connectivity index (χ1) is 12.7. The van der Waals surface area contributed by atoms with E-state index in [0.717, 1.165) is 37.6 Å². The molecule has 2 aromatic heterocycles. The number of hydrogen-bond acceptors (Lipinski definition) is 4. The van der Waals surface area contributed by atoms with E-state index in [0.29, 0.717) is 22.2 Å². The molecular weight excluding hydrogens is 368 g/mol. The Morgan fingerprint density at radius 3 is 2.85 bits per heavy atom. The fourth-order valence-corrected chi connectivity index (χ4v) is 4.38. The van der Waals surface area contributed by atoms with Crippen molar-refractivity contribution in [1.82, 2.24) is 10.3 Å². The average molecular weight is 389 g/mol. The van der Waals surface area contributed by atoms with Gasteiger partial charge in [0.05, 0.1) is 11.1 Å². The third-order valence-corrected chi connectivity index (χ3v) is 6.00. The van der Waals surface area contributed by atoms with Gasteiger partial charge in [0.1, 0.15) is 5.75 Å². The summed E-state index contributed by atoms with van der Waals surface area (Å²) in [6.45, 7) is 0.935. The zero-order valence-electron chi connectivity index (χ0n) is 14.3. The third-order valence-electron chi connectivity index (χ3n) is 4.97. The molecule has 1 aliphatic carbocycles. The first-order valence-corrected chi connectivity index (χ1v) is 10.2. The molecule has 0 spiro atoms. The van der Waals surface area contributed by atoms with Gasteiger partial charge in [0.2, 0.25) is 0 Å². The highest BCUT2D eigenvalue weighted by molar-refractivity contribution is 7.07. The van der Waals surface area contributed by atoms with Crippen molar-refractivity contribution in [3.05, 3.63) is 62.2 Å². The Morgan fingerprint density at radius 2 is 2.08 bits per heavy atom. The van der Waals surface area contributed by atoms with Crippen molar-refractivity contribution in [2.24, 2.45) is 0 Å². The molecule has 4 nitrogen and oxygen atoms in total. The third kappa shape index (κ3) is 3.95. The van der Waals surface area contributed by atoms with Gasteiger partial charge in [0.15, 0.2) is 0 Å². The maximum atomic E-state index is 11.9. The molecule has 2 heterocycles. The van der Waals surface area contributed by atoms with Gasteiger partial charge in [0, 0.05) is 24.2 Å². The van der Waals surface area contributed by atoms with Gasteiger partial charge in [-0.1, -0.05) is 11.6 Å². The summed E-state index contributed by atoms with van der Waals surface area (Å²) in [5.74, 6) is 0.666. The molecular formula is C20H21ClN2O2S. The molecule has 136 valence electrons. The van der Waals surface area contributed by atoms with E-state index < -0.39 is 0 Å². The van der Waals surface area contributed by atoms with E-state index in [4.69, 9.17) is 16.3 Å². The number of thiophene rings is 1. The number of hydrogen-bond donors (Lipinski definition) is 2. The summed E-state index contributed by atoms with van der Waals surface area (Å²) < 4.78 is 6.16. The van der Waals surface area contributed by atoms with Crippen LogP contribution in [0.4, 0.5) is 0 Å². The molecule has 0 amide bonds. The van der Waals surface area contributed by atoms with Gasteiger partial charge in [-0.2, -0.15) is 11.3 Å². The number of aromatic amines is 1. The number of pyridine rings is 1. The molecule has 2 N–H and O–H groups in total. The summed E-state index contributed by atoms with van der Waals surface area (Å²) in [4.78, 5) is 14.5. The smallest absolute Gasteiger partial charge is 0.255 e. The lowest BCUT2D eigenvalue weighted by Gasteiger charge is -2.30. The van der Waals surface area contributed by atoms with Crippen LogP contribution in [-0.2, 0) is 6.54 Å². The lowest BCUT2D eigenvalue weighted by Crippen LogP contribution is -2.35. The van der Waals surface area contributed by atoms with Crippen LogP contribution in [0.5, 0.6) is 5.75 Å². The molecule has 0 saturated heterocycles. The van der Waals surface area contributed by atoms with Gasteiger partial charge < -0.3 is 15.0 Å². The molecule has 6 heteroatoms. The molecule has 0 atom stereocenters. The number of H-pyrrole nitrogens is 1. The van der Waals surface area contributed by atoms with E-state index in [1.54, 1.807) is 23.6 Å². The predicted octanol–water partition coefficient (Wildman–Crippen LogP) is 4.72. The largest absolute Gasteiger partial charge is 0.489 e. The van der Waals surface area contributed by atoms with Crippen molar-refractivity contribution in [1.29, 1.82) is 0 Å². The molecule has 3 aromatic rings. The Bertz CT molecular complexity index is 931. The van der Waals surface area contributed by atoms with Crippen molar-refractivity contribution in [2.45, 2.75) is 44.4 Å². The minimum atomic E-state index is -0.131. The van der Waals surface area contributed by atoms with E-state index >= 15 is 0 Å². The van der Waals surface area contributed by atoms with Gasteiger partial charge in [-0.25, -0.2) is 0 Å². The summed E-state index contributed by atoms with van der Waals surface area (Å²) in [5.41, 5.74) is 1.22. The van der Waals surface area contributed by atoms with Crippen LogP contribution >= 0.6 is 22.9 Å². The monoisotopic (exact) mass is 388 g/mol. The second kappa shape index (κ2) is 7.82. The molecule has 0 radical (unpaired) electrons. The summed E-state index contributed by atoms with van der Waals surface area (Å²) in [6.07, 6.45) is 6.02. The first kappa shape index (κ1) is 17.6. The molecule has 0 aliphatic heterocycles. The van der Waals surface area contributed by atoms with Gasteiger partial charge >= 0.3 is 0 Å². The van der Waals surface area contributed by atoms with Crippen molar-refractivity contribution < 1.29 is 4.74 Å². The van der Waals surface area contributed by atoms with Crippen molar-refractivity contribution >= 4 is 33.7 Å². The van der Waals surface area contributed by atoms with Gasteiger partial charge in [-0.15, -0.1) is 0 Å². The van der Waals surface area contributed by atoms with E-state index in [1.165, 1.54) is 5.56 Å². The highest BCUT2D eigenvalue weighted by Crippen LogP contribution is 2.32. The SMILES string of the molecule is O=c1[nH]ccc2cc(OC3CCC(NCc4ccsc4)CC3)c(Cl)cc12. The maximum absolute atomic E-state index is 11.9. The average Bonchev–Trinajstić information content (AvgIpc) is 3.16. The van der Waals surface area contributed by atoms with Gasteiger partial charge in [0.25, 0.3) is 5.56 Å². The van der Waals surface area contributed by atoms with Crippen molar-refractivity contribution in [2.75, 3.05) is 0 Å². The van der Waals surface area contributed by atoms with Crippen LogP contribution in [0.3, 0.4) is 0 Å². The molecule has 1 aliphatic rings. The summed E-state index contributed by atoms with van der Waals surface area (Å²) in [6, 6.07) is 8.14. The summed E-state index contributed by atoms with van der Waals surface area (Å²) in [7, 11) is 0. The standard InChI is InChI=1S/C20H21ClN2O2S/c21-18-10-17-14(5-7-22-20(17)24)9-19(18)25-16-3-1-15(2-4-16)23-11-13-6-8-26-12-13/h5-10,12,15-16,23H,1-4,11H2,(H,22,24). The Kier molecular flexibility index (Phi) is 5.29. The normalized spacial score (nSPS) is 20.3. The van der Waals surface area contributed by atoms with Crippen LogP contribution in [0.15, 0.2) is 46.0 Å². The lowest BCUT2D eigenvalue weighted by atomic mass is 9.93. The van der Waals surface area contributed by atoms with Gasteiger partial charge in [-0.05, 0) is 71.7 Å². The van der Waals surface area contributed by atoms with Crippen LogP contribution in [-0.4, -0.2) is 17.1 Å². The number of rotatable bonds is 5. The Labute approximate surface area is 161 Å². The van der Waals surface area contributed by atoms with Crippen molar-refractivity contribution in [3.63, 3.8) is 0 Å². The van der Waals surface area contributed by atoms with E-state index in [2.05, 4.69) is 27.1 Å². The second-order valence-electron chi connectivity index (χ2n) is 6.78. The van der Waals surface area contributed by atoms with Crippen LogP contribution in [0.2, 0.25) is 5.02 Å². The highest BCUT2D eigenvalue weighted by atomic mass is 35.5. The number of aromatic nitrogens is 1. The van der Waals surface area contributed by atoms with Gasteiger partial charge in [-0.3, -0.25) is 4.79 Å². The minimum absolute atomic E-state index is 0.131. The molecule has 1 fully saturated rings. The highest BCUT2D eigenvalue weighted by Gasteiger charge is 2.23. The zero-order valence-corrected chi connectivity index (χ0v) is 15.9. The fraction of sp³-hybridized carbons (Fsp3) is 0.350. The molecule has 0 bridgehead atoms. The predicted molar refractivity (Wildman–Crippen MR) is 107 cm³/mol. The van der Waals surface area contributed by atoms with E-state index in [9.17, 15) is 4.79 Å². The molecule has 4 rings (SSSR count). The molecule has 1 saturated carbocycles. The quantitative estimate of drug-likeness (QED) is 0.664. The lowest BCUT2D eigenvalue weighted by molar-refractivity contribution is 0.139. The Morgan fingerprint density at radius 1 is 1.23 bits per heavy atom. The number of nitrogens with one attached hydrogen (secondary N) is 2. The maximum Gasteiger partial charge on any atom is 0.255 e. The fourth-order valence-electron chi connectivity index (χ4n) is 3.50. The molecule has 1 aromatic carbocycles. The molecule has 0 unspecified atom stereocenters.